The van der Waals surface area contributed by atoms with Gasteiger partial charge in [0.25, 0.3) is 11.7 Å². The number of rotatable bonds is 7. The van der Waals surface area contributed by atoms with E-state index in [4.69, 9.17) is 9.84 Å². The minimum absolute atomic E-state index is 0.0540. The van der Waals surface area contributed by atoms with Crippen LogP contribution in [0.25, 0.3) is 5.76 Å². The fourth-order valence-electron chi connectivity index (χ4n) is 3.36. The monoisotopic (exact) mass is 381 g/mol. The van der Waals surface area contributed by atoms with Crippen LogP contribution in [0.4, 0.5) is 0 Å². The number of carbonyl (C=O) groups excluding carboxylic acids is 2. The molecule has 6 nitrogen and oxygen atoms in total. The van der Waals surface area contributed by atoms with Gasteiger partial charge in [-0.2, -0.15) is 0 Å². The summed E-state index contributed by atoms with van der Waals surface area (Å²) in [6.45, 7) is 2.53. The first-order valence-corrected chi connectivity index (χ1v) is 9.26. The smallest absolute Gasteiger partial charge is 0.295 e. The van der Waals surface area contributed by atoms with E-state index in [9.17, 15) is 14.7 Å². The van der Waals surface area contributed by atoms with Crippen LogP contribution in [0.5, 0.6) is 5.75 Å². The molecule has 2 N–H and O–H groups in total. The number of ketones is 1. The third kappa shape index (κ3) is 3.77. The molecule has 1 heterocycles. The number of aliphatic hydroxyl groups is 2. The second kappa shape index (κ2) is 8.71. The first kappa shape index (κ1) is 19.6. The van der Waals surface area contributed by atoms with E-state index < -0.39 is 17.7 Å². The Morgan fingerprint density at radius 2 is 1.75 bits per heavy atom. The van der Waals surface area contributed by atoms with Crippen molar-refractivity contribution >= 4 is 17.4 Å². The van der Waals surface area contributed by atoms with Crippen molar-refractivity contribution in [2.45, 2.75) is 19.4 Å². The number of hydrogen-bond donors (Lipinski definition) is 2. The maximum absolute atomic E-state index is 12.8. The van der Waals surface area contributed by atoms with Crippen molar-refractivity contribution in [2.24, 2.45) is 0 Å². The fraction of sp³-hybridized carbons (Fsp3) is 0.273. The van der Waals surface area contributed by atoms with E-state index in [1.807, 2.05) is 37.3 Å². The van der Waals surface area contributed by atoms with Crippen molar-refractivity contribution in [3.8, 4) is 5.75 Å². The number of amides is 1. The number of likely N-dealkylation sites (tertiary alicyclic amines) is 1. The second-order valence-electron chi connectivity index (χ2n) is 6.44. The third-order valence-electron chi connectivity index (χ3n) is 4.65. The summed E-state index contributed by atoms with van der Waals surface area (Å²) in [6.07, 6.45) is 0.347. The molecule has 2 aromatic rings. The molecule has 6 heteroatoms. The molecule has 0 bridgehead atoms. The molecule has 2 aromatic carbocycles. The average Bonchev–Trinajstić information content (AvgIpc) is 2.98. The van der Waals surface area contributed by atoms with Gasteiger partial charge in [0.2, 0.25) is 0 Å². The lowest BCUT2D eigenvalue weighted by Crippen LogP contribution is -2.31. The van der Waals surface area contributed by atoms with Gasteiger partial charge in [0, 0.05) is 18.7 Å². The van der Waals surface area contributed by atoms with Gasteiger partial charge < -0.3 is 19.8 Å². The van der Waals surface area contributed by atoms with Gasteiger partial charge in [-0.1, -0.05) is 30.3 Å². The lowest BCUT2D eigenvalue weighted by Gasteiger charge is -2.25. The number of benzene rings is 2. The van der Waals surface area contributed by atoms with Crippen molar-refractivity contribution < 1.29 is 24.5 Å². The Morgan fingerprint density at radius 3 is 2.36 bits per heavy atom. The van der Waals surface area contributed by atoms with Crippen LogP contribution in [0.3, 0.4) is 0 Å². The molecular weight excluding hydrogens is 358 g/mol. The van der Waals surface area contributed by atoms with Gasteiger partial charge in [-0.05, 0) is 43.2 Å². The largest absolute Gasteiger partial charge is 0.507 e. The van der Waals surface area contributed by atoms with E-state index in [1.54, 1.807) is 24.3 Å². The van der Waals surface area contributed by atoms with Crippen molar-refractivity contribution in [1.82, 2.24) is 4.90 Å². The standard InChI is InChI=1S/C22H23NO5/c1-2-28-17-11-9-16(10-12-17)20(25)18-19(15-7-4-3-5-8-15)23(13-6-14-24)22(27)21(18)26/h3-5,7-12,19,24-25H,2,6,13-14H2,1H3/t19-/m1/s1. The highest BCUT2D eigenvalue weighted by atomic mass is 16.5. The molecule has 3 rings (SSSR count). The van der Waals surface area contributed by atoms with Crippen molar-refractivity contribution in [2.75, 3.05) is 19.8 Å². The Hall–Kier alpha value is -3.12. The maximum Gasteiger partial charge on any atom is 0.295 e. The van der Waals surface area contributed by atoms with E-state index in [-0.39, 0.29) is 24.5 Å². The van der Waals surface area contributed by atoms with Gasteiger partial charge in [-0.15, -0.1) is 0 Å². The van der Waals surface area contributed by atoms with Gasteiger partial charge in [0.15, 0.2) is 0 Å². The molecule has 0 saturated carbocycles. The molecule has 0 aromatic heterocycles. The molecule has 0 unspecified atom stereocenters. The Balaban J connectivity index is 2.08. The van der Waals surface area contributed by atoms with E-state index in [1.165, 1.54) is 4.90 Å². The quantitative estimate of drug-likeness (QED) is 0.437. The zero-order chi connectivity index (χ0) is 20.1. The summed E-state index contributed by atoms with van der Waals surface area (Å²) < 4.78 is 5.41. The van der Waals surface area contributed by atoms with E-state index in [0.29, 0.717) is 24.3 Å². The summed E-state index contributed by atoms with van der Waals surface area (Å²) in [6, 6.07) is 15.1. The number of carbonyl (C=O) groups is 2. The van der Waals surface area contributed by atoms with Crippen LogP contribution in [0.2, 0.25) is 0 Å². The first-order valence-electron chi connectivity index (χ1n) is 9.26. The molecule has 1 amide bonds. The molecule has 0 spiro atoms. The highest BCUT2D eigenvalue weighted by Gasteiger charge is 2.45. The predicted octanol–water partition coefficient (Wildman–Crippen LogP) is 2.89. The molecule has 146 valence electrons. The van der Waals surface area contributed by atoms with Crippen LogP contribution >= 0.6 is 0 Å². The van der Waals surface area contributed by atoms with Crippen molar-refractivity contribution in [3.63, 3.8) is 0 Å². The van der Waals surface area contributed by atoms with Crippen molar-refractivity contribution in [3.05, 3.63) is 71.3 Å². The van der Waals surface area contributed by atoms with Crippen LogP contribution < -0.4 is 4.74 Å². The van der Waals surface area contributed by atoms with Crippen LogP contribution in [0.15, 0.2) is 60.2 Å². The SMILES string of the molecule is CCOc1ccc(C(O)=C2C(=O)C(=O)N(CCCO)[C@@H]2c2ccccc2)cc1. The van der Waals surface area contributed by atoms with Gasteiger partial charge >= 0.3 is 0 Å². The van der Waals surface area contributed by atoms with E-state index >= 15 is 0 Å². The number of ether oxygens (including phenoxy) is 1. The van der Waals surface area contributed by atoms with Crippen LogP contribution in [-0.2, 0) is 9.59 Å². The summed E-state index contributed by atoms with van der Waals surface area (Å²) in [5, 5.41) is 20.1. The lowest BCUT2D eigenvalue weighted by atomic mass is 9.95. The van der Waals surface area contributed by atoms with Crippen LogP contribution in [0.1, 0.15) is 30.5 Å². The lowest BCUT2D eigenvalue weighted by molar-refractivity contribution is -0.140. The summed E-state index contributed by atoms with van der Waals surface area (Å²) >= 11 is 0. The molecule has 1 fully saturated rings. The molecule has 1 atom stereocenters. The summed E-state index contributed by atoms with van der Waals surface area (Å²) in [7, 11) is 0. The molecule has 28 heavy (non-hydrogen) atoms. The topological polar surface area (TPSA) is 87.1 Å². The highest BCUT2D eigenvalue weighted by Crippen LogP contribution is 2.39. The zero-order valence-electron chi connectivity index (χ0n) is 15.7. The van der Waals surface area contributed by atoms with Gasteiger partial charge in [0.1, 0.15) is 11.5 Å². The second-order valence-corrected chi connectivity index (χ2v) is 6.44. The molecule has 0 radical (unpaired) electrons. The molecule has 1 aliphatic rings. The Bertz CT molecular complexity index is 874. The molecule has 0 aliphatic carbocycles. The minimum atomic E-state index is -0.724. The third-order valence-corrected chi connectivity index (χ3v) is 4.65. The maximum atomic E-state index is 12.8. The number of aliphatic hydroxyl groups excluding tert-OH is 2. The summed E-state index contributed by atoms with van der Waals surface area (Å²) in [5.74, 6) is -0.961. The highest BCUT2D eigenvalue weighted by molar-refractivity contribution is 6.46. The Morgan fingerprint density at radius 1 is 1.07 bits per heavy atom. The predicted molar refractivity (Wildman–Crippen MR) is 105 cm³/mol. The molecule has 1 saturated heterocycles. The molecule has 1 aliphatic heterocycles. The first-order chi connectivity index (χ1) is 13.6. The Kier molecular flexibility index (Phi) is 6.11. The average molecular weight is 381 g/mol. The fourth-order valence-corrected chi connectivity index (χ4v) is 3.36. The zero-order valence-corrected chi connectivity index (χ0v) is 15.7. The summed E-state index contributed by atoms with van der Waals surface area (Å²) in [5.41, 5.74) is 1.22. The van der Waals surface area contributed by atoms with Gasteiger partial charge in [-0.3, -0.25) is 9.59 Å². The molecular formula is C22H23NO5. The Labute approximate surface area is 163 Å². The summed E-state index contributed by atoms with van der Waals surface area (Å²) in [4.78, 5) is 26.8. The minimum Gasteiger partial charge on any atom is -0.507 e. The van der Waals surface area contributed by atoms with E-state index in [0.717, 1.165) is 5.56 Å². The number of Topliss-reactive ketones (excluding diaryl/α,β-unsaturated/α-hetero) is 1. The van der Waals surface area contributed by atoms with Crippen molar-refractivity contribution in [1.29, 1.82) is 0 Å². The van der Waals surface area contributed by atoms with Gasteiger partial charge in [0.05, 0.1) is 18.2 Å². The van der Waals surface area contributed by atoms with Crippen LogP contribution in [-0.4, -0.2) is 46.6 Å². The van der Waals surface area contributed by atoms with Crippen LogP contribution in [0, 0.1) is 0 Å². The normalized spacial score (nSPS) is 18.5. The van der Waals surface area contributed by atoms with E-state index in [2.05, 4.69) is 0 Å². The number of hydrogen-bond acceptors (Lipinski definition) is 5. The number of nitrogens with zero attached hydrogens (tertiary/aromatic N) is 1. The van der Waals surface area contributed by atoms with Gasteiger partial charge in [-0.25, -0.2) is 0 Å².